The van der Waals surface area contributed by atoms with E-state index in [2.05, 4.69) is 39.1 Å². The van der Waals surface area contributed by atoms with Crippen molar-refractivity contribution in [3.05, 3.63) is 28.2 Å². The van der Waals surface area contributed by atoms with E-state index in [0.717, 1.165) is 35.4 Å². The van der Waals surface area contributed by atoms with Crippen LogP contribution in [-0.2, 0) is 0 Å². The third-order valence-electron chi connectivity index (χ3n) is 2.79. The highest BCUT2D eigenvalue weighted by molar-refractivity contribution is 9.10. The molecule has 1 aromatic rings. The van der Waals surface area contributed by atoms with Crippen LogP contribution in [0.5, 0.6) is 0 Å². The van der Waals surface area contributed by atoms with Gasteiger partial charge in [-0.1, -0.05) is 15.9 Å². The molecule has 0 spiro atoms. The van der Waals surface area contributed by atoms with E-state index in [1.807, 2.05) is 18.2 Å². The number of nitriles is 1. The topological polar surface area (TPSA) is 39.1 Å². The molecule has 1 unspecified atom stereocenters. The number of anilines is 1. The minimum absolute atomic E-state index is 0.476. The quantitative estimate of drug-likeness (QED) is 0.856. The van der Waals surface area contributed by atoms with Gasteiger partial charge in [0.2, 0.25) is 0 Å². The zero-order valence-corrected chi connectivity index (χ0v) is 10.8. The number of hydrogen-bond donors (Lipinski definition) is 1. The van der Waals surface area contributed by atoms with Crippen LogP contribution in [0.1, 0.15) is 12.5 Å². The molecule has 0 aromatic heterocycles. The molecule has 1 saturated heterocycles. The van der Waals surface area contributed by atoms with Gasteiger partial charge < -0.3 is 10.2 Å². The van der Waals surface area contributed by atoms with Crippen molar-refractivity contribution in [1.29, 1.82) is 5.26 Å². The Balaban J connectivity index is 2.29. The van der Waals surface area contributed by atoms with Gasteiger partial charge in [0.15, 0.2) is 0 Å². The fourth-order valence-corrected chi connectivity index (χ4v) is 2.39. The summed E-state index contributed by atoms with van der Waals surface area (Å²) in [6.07, 6.45) is 0. The van der Waals surface area contributed by atoms with Crippen LogP contribution in [0, 0.1) is 11.3 Å². The molecule has 3 nitrogen and oxygen atoms in total. The summed E-state index contributed by atoms with van der Waals surface area (Å²) in [4.78, 5) is 2.27. The first-order chi connectivity index (χ1) is 7.70. The van der Waals surface area contributed by atoms with Crippen LogP contribution in [0.2, 0.25) is 0 Å². The first kappa shape index (κ1) is 11.4. The molecule has 1 aromatic carbocycles. The molecule has 0 aliphatic carbocycles. The van der Waals surface area contributed by atoms with E-state index in [1.54, 1.807) is 0 Å². The molecule has 1 aliphatic heterocycles. The lowest BCUT2D eigenvalue weighted by molar-refractivity contribution is 0.484. The molecule has 1 fully saturated rings. The Morgan fingerprint density at radius 1 is 1.56 bits per heavy atom. The molecule has 0 bridgehead atoms. The molecular weight excluding hydrogens is 266 g/mol. The number of rotatable bonds is 1. The second-order valence-electron chi connectivity index (χ2n) is 4.07. The molecule has 0 saturated carbocycles. The Kier molecular flexibility index (Phi) is 3.47. The lowest BCUT2D eigenvalue weighted by Crippen LogP contribution is -2.49. The summed E-state index contributed by atoms with van der Waals surface area (Å²) in [5, 5.41) is 12.5. The average Bonchev–Trinajstić information content (AvgIpc) is 2.28. The summed E-state index contributed by atoms with van der Waals surface area (Å²) in [5.41, 5.74) is 1.78. The Morgan fingerprint density at radius 2 is 2.38 bits per heavy atom. The van der Waals surface area contributed by atoms with Gasteiger partial charge in [0.05, 0.1) is 11.3 Å². The Morgan fingerprint density at radius 3 is 3.06 bits per heavy atom. The maximum Gasteiger partial charge on any atom is 0.101 e. The van der Waals surface area contributed by atoms with Gasteiger partial charge in [-0.25, -0.2) is 0 Å². The third kappa shape index (κ3) is 2.37. The van der Waals surface area contributed by atoms with Crippen LogP contribution in [-0.4, -0.2) is 25.7 Å². The molecule has 1 N–H and O–H groups in total. The van der Waals surface area contributed by atoms with Gasteiger partial charge in [-0.3, -0.25) is 0 Å². The molecule has 1 aliphatic rings. The fraction of sp³-hybridized carbons (Fsp3) is 0.417. The summed E-state index contributed by atoms with van der Waals surface area (Å²) in [5.74, 6) is 0. The number of piperazine rings is 1. The minimum Gasteiger partial charge on any atom is -0.368 e. The van der Waals surface area contributed by atoms with Crippen LogP contribution >= 0.6 is 15.9 Å². The predicted octanol–water partition coefficient (Wildman–Crippen LogP) is 2.12. The van der Waals surface area contributed by atoms with Crippen molar-refractivity contribution in [3.63, 3.8) is 0 Å². The van der Waals surface area contributed by atoms with Gasteiger partial charge in [0.25, 0.3) is 0 Å². The summed E-state index contributed by atoms with van der Waals surface area (Å²) in [6.45, 7) is 5.05. The summed E-state index contributed by atoms with van der Waals surface area (Å²) in [6, 6.07) is 8.61. The van der Waals surface area contributed by atoms with E-state index in [0.29, 0.717) is 6.04 Å². The number of halogens is 1. The monoisotopic (exact) mass is 279 g/mol. The van der Waals surface area contributed by atoms with E-state index in [9.17, 15) is 0 Å². The number of benzene rings is 1. The Hall–Kier alpha value is -1.05. The van der Waals surface area contributed by atoms with Crippen LogP contribution in [0.4, 0.5) is 5.69 Å². The molecule has 1 heterocycles. The fourth-order valence-electron chi connectivity index (χ4n) is 2.02. The standard InChI is InChI=1S/C12H14BrN3/c1-9-8-16(5-4-15-9)12-3-2-11(13)6-10(12)7-14/h2-3,6,9,15H,4-5,8H2,1H3. The second kappa shape index (κ2) is 4.86. The van der Waals surface area contributed by atoms with Gasteiger partial charge in [-0.05, 0) is 25.1 Å². The number of hydrogen-bond acceptors (Lipinski definition) is 3. The highest BCUT2D eigenvalue weighted by Crippen LogP contribution is 2.24. The van der Waals surface area contributed by atoms with Crippen molar-refractivity contribution in [2.45, 2.75) is 13.0 Å². The van der Waals surface area contributed by atoms with Crippen molar-refractivity contribution in [1.82, 2.24) is 5.32 Å². The smallest absolute Gasteiger partial charge is 0.101 e. The van der Waals surface area contributed by atoms with Gasteiger partial charge in [-0.15, -0.1) is 0 Å². The molecule has 16 heavy (non-hydrogen) atoms. The SMILES string of the molecule is CC1CN(c2ccc(Br)cc2C#N)CCN1. The minimum atomic E-state index is 0.476. The summed E-state index contributed by atoms with van der Waals surface area (Å²) < 4.78 is 0.955. The lowest BCUT2D eigenvalue weighted by atomic mass is 10.1. The van der Waals surface area contributed by atoms with Crippen LogP contribution in [0.25, 0.3) is 0 Å². The highest BCUT2D eigenvalue weighted by atomic mass is 79.9. The predicted molar refractivity (Wildman–Crippen MR) is 68.5 cm³/mol. The van der Waals surface area contributed by atoms with Gasteiger partial charge in [0.1, 0.15) is 6.07 Å². The molecule has 2 rings (SSSR count). The first-order valence-corrected chi connectivity index (χ1v) is 6.18. The largest absolute Gasteiger partial charge is 0.368 e. The maximum absolute atomic E-state index is 9.13. The highest BCUT2D eigenvalue weighted by Gasteiger charge is 2.18. The Labute approximate surface area is 104 Å². The molecule has 1 atom stereocenters. The van der Waals surface area contributed by atoms with Crippen molar-refractivity contribution >= 4 is 21.6 Å². The van der Waals surface area contributed by atoms with Crippen molar-refractivity contribution in [2.24, 2.45) is 0 Å². The normalized spacial score (nSPS) is 20.6. The van der Waals surface area contributed by atoms with Crippen LogP contribution in [0.3, 0.4) is 0 Å². The molecule has 84 valence electrons. The van der Waals surface area contributed by atoms with E-state index in [4.69, 9.17) is 5.26 Å². The summed E-state index contributed by atoms with van der Waals surface area (Å²) in [7, 11) is 0. The summed E-state index contributed by atoms with van der Waals surface area (Å²) >= 11 is 3.39. The van der Waals surface area contributed by atoms with E-state index < -0.39 is 0 Å². The van der Waals surface area contributed by atoms with E-state index in [1.165, 1.54) is 0 Å². The lowest BCUT2D eigenvalue weighted by Gasteiger charge is -2.34. The average molecular weight is 280 g/mol. The van der Waals surface area contributed by atoms with Crippen LogP contribution < -0.4 is 10.2 Å². The van der Waals surface area contributed by atoms with E-state index >= 15 is 0 Å². The molecule has 0 amide bonds. The van der Waals surface area contributed by atoms with Gasteiger partial charge in [0, 0.05) is 30.1 Å². The van der Waals surface area contributed by atoms with Crippen molar-refractivity contribution in [2.75, 3.05) is 24.5 Å². The van der Waals surface area contributed by atoms with Crippen molar-refractivity contribution in [3.8, 4) is 6.07 Å². The van der Waals surface area contributed by atoms with Gasteiger partial charge in [-0.2, -0.15) is 5.26 Å². The number of nitrogens with zero attached hydrogens (tertiary/aromatic N) is 2. The van der Waals surface area contributed by atoms with Crippen molar-refractivity contribution < 1.29 is 0 Å². The molecular formula is C12H14BrN3. The third-order valence-corrected chi connectivity index (χ3v) is 3.28. The zero-order valence-electron chi connectivity index (χ0n) is 9.20. The van der Waals surface area contributed by atoms with E-state index in [-0.39, 0.29) is 0 Å². The van der Waals surface area contributed by atoms with Crippen LogP contribution in [0.15, 0.2) is 22.7 Å². The Bertz CT molecular complexity index is 425. The number of nitrogens with one attached hydrogen (secondary N) is 1. The first-order valence-electron chi connectivity index (χ1n) is 5.38. The van der Waals surface area contributed by atoms with Gasteiger partial charge >= 0.3 is 0 Å². The molecule has 4 heteroatoms. The molecule has 0 radical (unpaired) electrons. The maximum atomic E-state index is 9.13. The zero-order chi connectivity index (χ0) is 11.5. The second-order valence-corrected chi connectivity index (χ2v) is 4.99.